The highest BCUT2D eigenvalue weighted by atomic mass is 16.6. The van der Waals surface area contributed by atoms with E-state index in [-0.39, 0.29) is 18.4 Å². The molecule has 2 aliphatic rings. The Morgan fingerprint density at radius 2 is 1.88 bits per heavy atom. The lowest BCUT2D eigenvalue weighted by molar-refractivity contribution is -0.159. The zero-order valence-corrected chi connectivity index (χ0v) is 9.67. The second kappa shape index (κ2) is 4.87. The molecule has 0 aromatic heterocycles. The lowest BCUT2D eigenvalue weighted by Crippen LogP contribution is -2.34. The fraction of sp³-hybridized carbons (Fsp3) is 0.667. The van der Waals surface area contributed by atoms with Gasteiger partial charge in [-0.15, -0.1) is 0 Å². The molecule has 0 aromatic rings. The Morgan fingerprint density at radius 3 is 2.47 bits per heavy atom. The van der Waals surface area contributed by atoms with Gasteiger partial charge in [0.15, 0.2) is 0 Å². The topological polar surface area (TPSA) is 72.8 Å². The van der Waals surface area contributed by atoms with Gasteiger partial charge in [-0.2, -0.15) is 0 Å². The molecule has 0 radical (unpaired) electrons. The van der Waals surface area contributed by atoms with E-state index in [9.17, 15) is 9.59 Å². The number of methoxy groups -OCH3 is 1. The van der Waals surface area contributed by atoms with E-state index in [2.05, 4.69) is 0 Å². The van der Waals surface area contributed by atoms with E-state index in [0.29, 0.717) is 6.61 Å². The second-order valence-corrected chi connectivity index (χ2v) is 4.50. The maximum absolute atomic E-state index is 11.8. The third kappa shape index (κ3) is 2.20. The zero-order chi connectivity index (χ0) is 12.4. The molecular weight excluding hydrogens is 224 g/mol. The summed E-state index contributed by atoms with van der Waals surface area (Å²) in [6, 6.07) is 0. The molecule has 2 aliphatic carbocycles. The average molecular weight is 240 g/mol. The maximum Gasteiger partial charge on any atom is 0.310 e. The molecule has 0 amide bonds. The van der Waals surface area contributed by atoms with E-state index in [1.807, 2.05) is 12.2 Å². The Morgan fingerprint density at radius 1 is 1.24 bits per heavy atom. The van der Waals surface area contributed by atoms with Gasteiger partial charge in [0.2, 0.25) is 0 Å². The number of carbonyl (C=O) groups excluding carboxylic acids is 1. The summed E-state index contributed by atoms with van der Waals surface area (Å²) in [6.45, 7) is 0.513. The van der Waals surface area contributed by atoms with Crippen LogP contribution in [0.2, 0.25) is 0 Å². The molecule has 2 rings (SSSR count). The van der Waals surface area contributed by atoms with Gasteiger partial charge in [0.1, 0.15) is 6.61 Å². The summed E-state index contributed by atoms with van der Waals surface area (Å²) in [6.07, 6.45) is 4.59. The Balaban J connectivity index is 2.01. The average Bonchev–Trinajstić information content (AvgIpc) is 2.88. The number of hydrogen-bond acceptors (Lipinski definition) is 4. The Hall–Kier alpha value is -1.36. The number of fused-ring (bicyclic) bond motifs is 2. The Kier molecular flexibility index (Phi) is 3.47. The zero-order valence-electron chi connectivity index (χ0n) is 9.67. The number of ether oxygens (including phenoxy) is 2. The van der Waals surface area contributed by atoms with Crippen molar-refractivity contribution in [3.05, 3.63) is 12.2 Å². The van der Waals surface area contributed by atoms with Crippen LogP contribution in [0.25, 0.3) is 0 Å². The normalized spacial score (nSPS) is 33.9. The number of allylic oxidation sites excluding steroid dienone is 2. The number of carbonyl (C=O) groups is 2. The van der Waals surface area contributed by atoms with Crippen molar-refractivity contribution >= 4 is 11.9 Å². The van der Waals surface area contributed by atoms with Crippen molar-refractivity contribution in [2.24, 2.45) is 23.7 Å². The molecule has 1 fully saturated rings. The summed E-state index contributed by atoms with van der Waals surface area (Å²) < 4.78 is 9.82. The number of rotatable bonds is 5. The van der Waals surface area contributed by atoms with Crippen LogP contribution in [0.15, 0.2) is 12.2 Å². The predicted molar refractivity (Wildman–Crippen MR) is 58.2 cm³/mol. The molecule has 4 atom stereocenters. The summed E-state index contributed by atoms with van der Waals surface area (Å²) in [7, 11) is 1.52. The van der Waals surface area contributed by atoms with Gasteiger partial charge in [-0.1, -0.05) is 12.2 Å². The summed E-state index contributed by atoms with van der Waals surface area (Å²) in [5.74, 6) is -2.46. The van der Waals surface area contributed by atoms with Gasteiger partial charge < -0.3 is 14.6 Å². The van der Waals surface area contributed by atoms with Gasteiger partial charge in [0.25, 0.3) is 0 Å². The Labute approximate surface area is 99.4 Å². The molecule has 0 unspecified atom stereocenters. The molecule has 2 bridgehead atoms. The molecule has 0 saturated heterocycles. The molecule has 17 heavy (non-hydrogen) atoms. The van der Waals surface area contributed by atoms with Crippen LogP contribution >= 0.6 is 0 Å². The van der Waals surface area contributed by atoms with E-state index >= 15 is 0 Å². The van der Waals surface area contributed by atoms with Crippen molar-refractivity contribution in [1.82, 2.24) is 0 Å². The number of aliphatic carboxylic acids is 1. The van der Waals surface area contributed by atoms with Crippen LogP contribution in [-0.4, -0.2) is 37.4 Å². The minimum atomic E-state index is -0.907. The summed E-state index contributed by atoms with van der Waals surface area (Å²) in [4.78, 5) is 23.0. The highest BCUT2D eigenvalue weighted by molar-refractivity contribution is 5.83. The Bertz CT molecular complexity index is 349. The first-order valence-corrected chi connectivity index (χ1v) is 5.72. The molecule has 0 spiro atoms. The first-order valence-electron chi connectivity index (χ1n) is 5.72. The van der Waals surface area contributed by atoms with Crippen LogP contribution in [-0.2, 0) is 19.1 Å². The molecule has 1 saturated carbocycles. The summed E-state index contributed by atoms with van der Waals surface area (Å²) >= 11 is 0. The van der Waals surface area contributed by atoms with Crippen molar-refractivity contribution in [1.29, 1.82) is 0 Å². The minimum Gasteiger partial charge on any atom is -0.481 e. The first kappa shape index (κ1) is 12.1. The van der Waals surface area contributed by atoms with E-state index < -0.39 is 23.8 Å². The van der Waals surface area contributed by atoms with Gasteiger partial charge in [0.05, 0.1) is 18.4 Å². The fourth-order valence-electron chi connectivity index (χ4n) is 2.80. The monoisotopic (exact) mass is 240 g/mol. The minimum absolute atomic E-state index is 0.0162. The van der Waals surface area contributed by atoms with Crippen LogP contribution in [0.5, 0.6) is 0 Å². The van der Waals surface area contributed by atoms with Crippen LogP contribution in [0, 0.1) is 23.7 Å². The number of hydrogen-bond donors (Lipinski definition) is 1. The highest BCUT2D eigenvalue weighted by Crippen LogP contribution is 2.48. The molecular formula is C12H16O5. The predicted octanol–water partition coefficient (Wildman–Crippen LogP) is 0.699. The third-order valence-electron chi connectivity index (χ3n) is 3.55. The van der Waals surface area contributed by atoms with Crippen LogP contribution in [0.1, 0.15) is 6.42 Å². The van der Waals surface area contributed by atoms with E-state index in [1.165, 1.54) is 7.11 Å². The third-order valence-corrected chi connectivity index (χ3v) is 3.55. The van der Waals surface area contributed by atoms with Crippen molar-refractivity contribution < 1.29 is 24.2 Å². The largest absolute Gasteiger partial charge is 0.481 e. The molecule has 0 aliphatic heterocycles. The maximum atomic E-state index is 11.8. The van der Waals surface area contributed by atoms with Gasteiger partial charge in [-0.25, -0.2) is 0 Å². The van der Waals surface area contributed by atoms with E-state index in [4.69, 9.17) is 14.6 Å². The fourth-order valence-corrected chi connectivity index (χ4v) is 2.80. The van der Waals surface area contributed by atoms with Gasteiger partial charge >= 0.3 is 11.9 Å². The van der Waals surface area contributed by atoms with Crippen LogP contribution in [0.4, 0.5) is 0 Å². The molecule has 0 aromatic carbocycles. The SMILES string of the molecule is COCCOC(=O)[C@@H]1[C@H](C(=O)O)[C@@H]2C=C[C@H]1C2. The van der Waals surface area contributed by atoms with Gasteiger partial charge in [-0.3, -0.25) is 9.59 Å². The number of esters is 1. The van der Waals surface area contributed by atoms with Crippen molar-refractivity contribution in [3.8, 4) is 0 Å². The first-order chi connectivity index (χ1) is 8.15. The van der Waals surface area contributed by atoms with Crippen molar-refractivity contribution in [2.75, 3.05) is 20.3 Å². The van der Waals surface area contributed by atoms with Crippen molar-refractivity contribution in [3.63, 3.8) is 0 Å². The highest BCUT2D eigenvalue weighted by Gasteiger charge is 2.52. The van der Waals surface area contributed by atoms with Crippen LogP contribution < -0.4 is 0 Å². The summed E-state index contributed by atoms with van der Waals surface area (Å²) in [5.41, 5.74) is 0. The lowest BCUT2D eigenvalue weighted by Gasteiger charge is -2.22. The van der Waals surface area contributed by atoms with Crippen molar-refractivity contribution in [2.45, 2.75) is 6.42 Å². The van der Waals surface area contributed by atoms with Crippen LogP contribution in [0.3, 0.4) is 0 Å². The standard InChI is InChI=1S/C12H16O5/c1-16-4-5-17-12(15)10-8-3-2-7(6-8)9(10)11(13)14/h2-3,7-10H,4-6H2,1H3,(H,13,14)/t7-,8+,9-,10+/m1/s1. The number of carboxylic acid groups (broad SMARTS) is 1. The van der Waals surface area contributed by atoms with Gasteiger partial charge in [0, 0.05) is 7.11 Å². The molecule has 94 valence electrons. The smallest absolute Gasteiger partial charge is 0.310 e. The second-order valence-electron chi connectivity index (χ2n) is 4.50. The molecule has 5 nitrogen and oxygen atoms in total. The van der Waals surface area contributed by atoms with E-state index in [1.54, 1.807) is 0 Å². The van der Waals surface area contributed by atoms with Gasteiger partial charge in [-0.05, 0) is 18.3 Å². The number of carboxylic acids is 1. The van der Waals surface area contributed by atoms with E-state index in [0.717, 1.165) is 6.42 Å². The molecule has 0 heterocycles. The molecule has 5 heteroatoms. The summed E-state index contributed by atoms with van der Waals surface area (Å²) in [5, 5.41) is 9.16. The molecule has 1 N–H and O–H groups in total. The lowest BCUT2D eigenvalue weighted by atomic mass is 9.83. The quantitative estimate of drug-likeness (QED) is 0.435.